The number of phenolic OH excluding ortho intramolecular Hbond substituents is 1. The summed E-state index contributed by atoms with van der Waals surface area (Å²) in [5.74, 6) is 1.09. The number of aryl methyl sites for hydroxylation is 1. The normalized spacial score (nSPS) is 18.7. The van der Waals surface area contributed by atoms with Crippen LogP contribution in [0.15, 0.2) is 12.1 Å². The number of benzene rings is 1. The van der Waals surface area contributed by atoms with Crippen molar-refractivity contribution in [1.29, 1.82) is 0 Å². The molecule has 0 unspecified atom stereocenters. The summed E-state index contributed by atoms with van der Waals surface area (Å²) in [7, 11) is 1.64. The van der Waals surface area contributed by atoms with E-state index in [4.69, 9.17) is 10.5 Å². The van der Waals surface area contributed by atoms with Gasteiger partial charge in [0.1, 0.15) is 11.5 Å². The Morgan fingerprint density at radius 2 is 1.94 bits per heavy atom. The van der Waals surface area contributed by atoms with E-state index in [0.717, 1.165) is 42.6 Å². The van der Waals surface area contributed by atoms with E-state index in [1.807, 2.05) is 13.0 Å². The molecule has 1 aromatic carbocycles. The van der Waals surface area contributed by atoms with Gasteiger partial charge in [-0.3, -0.25) is 0 Å². The minimum absolute atomic E-state index is 0.294. The second-order valence-corrected chi connectivity index (χ2v) is 4.70. The molecule has 0 aliphatic heterocycles. The Kier molecular flexibility index (Phi) is 2.80. The van der Waals surface area contributed by atoms with Gasteiger partial charge >= 0.3 is 0 Å². The number of methoxy groups -OCH3 is 1. The van der Waals surface area contributed by atoms with E-state index in [0.29, 0.717) is 5.75 Å². The van der Waals surface area contributed by atoms with E-state index in [9.17, 15) is 5.11 Å². The molecule has 1 saturated carbocycles. The first-order valence-corrected chi connectivity index (χ1v) is 5.74. The molecule has 1 aromatic rings. The molecule has 0 saturated heterocycles. The lowest BCUT2D eigenvalue weighted by molar-refractivity contribution is 0.389. The van der Waals surface area contributed by atoms with Gasteiger partial charge in [0, 0.05) is 11.1 Å². The fourth-order valence-corrected chi connectivity index (χ4v) is 2.57. The minimum Gasteiger partial charge on any atom is -0.508 e. The Bertz CT molecular complexity index is 395. The number of ether oxygens (including phenoxy) is 1. The lowest BCUT2D eigenvalue weighted by atomic mass is 9.88. The van der Waals surface area contributed by atoms with Crippen LogP contribution in [0, 0.1) is 6.92 Å². The van der Waals surface area contributed by atoms with Gasteiger partial charge in [-0.25, -0.2) is 0 Å². The molecule has 1 aliphatic carbocycles. The SMILES string of the molecule is COc1cc(C2(N)CCCC2)c(O)cc1C. The van der Waals surface area contributed by atoms with Crippen LogP contribution in [0.4, 0.5) is 0 Å². The smallest absolute Gasteiger partial charge is 0.122 e. The summed E-state index contributed by atoms with van der Waals surface area (Å²) < 4.78 is 5.28. The third kappa shape index (κ3) is 1.76. The molecule has 1 fully saturated rings. The predicted octanol–water partition coefficient (Wildman–Crippen LogP) is 2.44. The number of hydrogen-bond acceptors (Lipinski definition) is 3. The van der Waals surface area contributed by atoms with Crippen LogP contribution in [0.5, 0.6) is 11.5 Å². The molecule has 2 rings (SSSR count). The second-order valence-electron chi connectivity index (χ2n) is 4.70. The molecule has 1 aliphatic rings. The van der Waals surface area contributed by atoms with Crippen LogP contribution in [-0.4, -0.2) is 12.2 Å². The highest BCUT2D eigenvalue weighted by molar-refractivity contribution is 5.48. The van der Waals surface area contributed by atoms with Crippen molar-refractivity contribution in [2.75, 3.05) is 7.11 Å². The molecule has 3 heteroatoms. The van der Waals surface area contributed by atoms with Crippen molar-refractivity contribution in [3.05, 3.63) is 23.3 Å². The van der Waals surface area contributed by atoms with Gasteiger partial charge in [0.15, 0.2) is 0 Å². The zero-order valence-electron chi connectivity index (χ0n) is 9.92. The van der Waals surface area contributed by atoms with E-state index in [1.165, 1.54) is 0 Å². The summed E-state index contributed by atoms with van der Waals surface area (Å²) in [6, 6.07) is 3.62. The zero-order chi connectivity index (χ0) is 11.8. The maximum atomic E-state index is 10.0. The molecule has 3 nitrogen and oxygen atoms in total. The Morgan fingerprint density at radius 1 is 1.31 bits per heavy atom. The first-order chi connectivity index (χ1) is 7.57. The summed E-state index contributed by atoms with van der Waals surface area (Å²) in [6.07, 6.45) is 4.14. The predicted molar refractivity (Wildman–Crippen MR) is 63.7 cm³/mol. The van der Waals surface area contributed by atoms with Gasteiger partial charge < -0.3 is 15.6 Å². The van der Waals surface area contributed by atoms with Crippen LogP contribution >= 0.6 is 0 Å². The lowest BCUT2D eigenvalue weighted by Crippen LogP contribution is -2.33. The van der Waals surface area contributed by atoms with E-state index >= 15 is 0 Å². The first-order valence-electron chi connectivity index (χ1n) is 5.74. The van der Waals surface area contributed by atoms with E-state index in [2.05, 4.69) is 0 Å². The van der Waals surface area contributed by atoms with Gasteiger partial charge in [-0.2, -0.15) is 0 Å². The van der Waals surface area contributed by atoms with E-state index in [1.54, 1.807) is 13.2 Å². The van der Waals surface area contributed by atoms with Crippen molar-refractivity contribution in [3.63, 3.8) is 0 Å². The fraction of sp³-hybridized carbons (Fsp3) is 0.538. The molecule has 0 heterocycles. The van der Waals surface area contributed by atoms with Crippen LogP contribution in [0.1, 0.15) is 36.8 Å². The highest BCUT2D eigenvalue weighted by Gasteiger charge is 2.34. The van der Waals surface area contributed by atoms with Crippen LogP contribution in [0.25, 0.3) is 0 Å². The monoisotopic (exact) mass is 221 g/mol. The lowest BCUT2D eigenvalue weighted by Gasteiger charge is -2.26. The Balaban J connectivity index is 2.47. The third-order valence-electron chi connectivity index (χ3n) is 3.55. The first kappa shape index (κ1) is 11.3. The molecule has 0 spiro atoms. The molecule has 0 radical (unpaired) electrons. The average molecular weight is 221 g/mol. The molecule has 3 N–H and O–H groups in total. The number of nitrogens with two attached hydrogens (primary N) is 1. The molecule has 0 bridgehead atoms. The Labute approximate surface area is 96.2 Å². The summed E-state index contributed by atoms with van der Waals surface area (Å²) in [5, 5.41) is 10.0. The molecule has 0 aromatic heterocycles. The number of phenols is 1. The average Bonchev–Trinajstić information content (AvgIpc) is 2.66. The topological polar surface area (TPSA) is 55.5 Å². The van der Waals surface area contributed by atoms with Crippen molar-refractivity contribution in [2.24, 2.45) is 5.73 Å². The van der Waals surface area contributed by atoms with Gasteiger partial charge in [0.05, 0.1) is 7.11 Å². The standard InChI is InChI=1S/C13H19NO2/c1-9-7-11(15)10(8-12(9)16-2)13(14)5-3-4-6-13/h7-8,15H,3-6,14H2,1-2H3. The van der Waals surface area contributed by atoms with Gasteiger partial charge in [-0.05, 0) is 37.5 Å². The highest BCUT2D eigenvalue weighted by atomic mass is 16.5. The third-order valence-corrected chi connectivity index (χ3v) is 3.55. The number of aromatic hydroxyl groups is 1. The number of hydrogen-bond donors (Lipinski definition) is 2. The van der Waals surface area contributed by atoms with Crippen molar-refractivity contribution in [3.8, 4) is 11.5 Å². The van der Waals surface area contributed by atoms with Crippen LogP contribution < -0.4 is 10.5 Å². The molecule has 0 amide bonds. The Hall–Kier alpha value is -1.22. The van der Waals surface area contributed by atoms with Crippen molar-refractivity contribution in [1.82, 2.24) is 0 Å². The highest BCUT2D eigenvalue weighted by Crippen LogP contribution is 2.42. The van der Waals surface area contributed by atoms with Crippen molar-refractivity contribution >= 4 is 0 Å². The summed E-state index contributed by atoms with van der Waals surface area (Å²) in [4.78, 5) is 0. The molecular weight excluding hydrogens is 202 g/mol. The minimum atomic E-state index is -0.370. The number of rotatable bonds is 2. The van der Waals surface area contributed by atoms with Crippen LogP contribution in [-0.2, 0) is 5.54 Å². The van der Waals surface area contributed by atoms with Crippen molar-refractivity contribution in [2.45, 2.75) is 38.1 Å². The van der Waals surface area contributed by atoms with Gasteiger partial charge in [-0.1, -0.05) is 12.8 Å². The summed E-state index contributed by atoms with van der Waals surface area (Å²) in [6.45, 7) is 1.92. The summed E-state index contributed by atoms with van der Waals surface area (Å²) in [5.41, 5.74) is 7.73. The largest absolute Gasteiger partial charge is 0.508 e. The van der Waals surface area contributed by atoms with E-state index in [-0.39, 0.29) is 5.54 Å². The van der Waals surface area contributed by atoms with Gasteiger partial charge in [0.2, 0.25) is 0 Å². The fourth-order valence-electron chi connectivity index (χ4n) is 2.57. The second kappa shape index (κ2) is 3.98. The van der Waals surface area contributed by atoms with E-state index < -0.39 is 0 Å². The quantitative estimate of drug-likeness (QED) is 0.806. The maximum absolute atomic E-state index is 10.0. The molecule has 88 valence electrons. The van der Waals surface area contributed by atoms with Crippen LogP contribution in [0.2, 0.25) is 0 Å². The zero-order valence-corrected chi connectivity index (χ0v) is 9.92. The molecule has 0 atom stereocenters. The molecular formula is C13H19NO2. The van der Waals surface area contributed by atoms with Gasteiger partial charge in [0.25, 0.3) is 0 Å². The summed E-state index contributed by atoms with van der Waals surface area (Å²) >= 11 is 0. The Morgan fingerprint density at radius 3 is 2.50 bits per heavy atom. The maximum Gasteiger partial charge on any atom is 0.122 e. The van der Waals surface area contributed by atoms with Gasteiger partial charge in [-0.15, -0.1) is 0 Å². The van der Waals surface area contributed by atoms with Crippen molar-refractivity contribution < 1.29 is 9.84 Å². The molecule has 16 heavy (non-hydrogen) atoms. The van der Waals surface area contributed by atoms with Crippen LogP contribution in [0.3, 0.4) is 0 Å².